The largest absolute Gasteiger partial charge is 0.416 e. The zero-order chi connectivity index (χ0) is 23.6. The average Bonchev–Trinajstić information content (AvgIpc) is 2.74. The van der Waals surface area contributed by atoms with Crippen LogP contribution in [0.4, 0.5) is 24.7 Å². The van der Waals surface area contributed by atoms with Gasteiger partial charge in [-0.2, -0.15) is 13.2 Å². The highest BCUT2D eigenvalue weighted by atomic mass is 35.5. The van der Waals surface area contributed by atoms with Gasteiger partial charge in [-0.25, -0.2) is 4.98 Å². The molecule has 168 valence electrons. The molecule has 0 fully saturated rings. The minimum absolute atomic E-state index is 0.00188. The number of carbonyl (C=O) groups is 1. The molecule has 11 heteroatoms. The van der Waals surface area contributed by atoms with Crippen LogP contribution in [0.15, 0.2) is 36.5 Å². The summed E-state index contributed by atoms with van der Waals surface area (Å²) >= 11 is 5.79. The van der Waals surface area contributed by atoms with Gasteiger partial charge in [-0.15, -0.1) is 0 Å². The number of aromatic nitrogens is 1. The fourth-order valence-electron chi connectivity index (χ4n) is 2.53. The highest BCUT2D eigenvalue weighted by Crippen LogP contribution is 2.31. The molecule has 1 atom stereocenters. The number of benzene rings is 1. The third-order valence-electron chi connectivity index (χ3n) is 4.28. The molecule has 0 bridgehead atoms. The normalized spacial score (nSPS) is 11.5. The molecule has 2 aromatic rings. The Labute approximate surface area is 183 Å². The van der Waals surface area contributed by atoms with Gasteiger partial charge in [0, 0.05) is 43.9 Å². The predicted molar refractivity (Wildman–Crippen MR) is 117 cm³/mol. The molecule has 0 aliphatic heterocycles. The van der Waals surface area contributed by atoms with Crippen LogP contribution in [-0.4, -0.2) is 47.9 Å². The standard InChI is InChI=1S/C18H20ClF3N4O.C2H4N2/c1-3-13(10-25-16-7-5-12(19)9-24-16)26(2)17(27)14-8-11(18(20,21)22)4-6-15(14)23;3-1-2-4/h4-9,13H,3,10,23H2,1-2H3,(H,24,25);1-4H. The number of nitrogens with one attached hydrogen (secondary N) is 3. The van der Waals surface area contributed by atoms with Gasteiger partial charge in [-0.05, 0) is 36.8 Å². The van der Waals surface area contributed by atoms with Crippen molar-refractivity contribution in [3.63, 3.8) is 0 Å². The number of hydrogen-bond donors (Lipinski definition) is 4. The Bertz CT molecular complexity index is 883. The van der Waals surface area contributed by atoms with Gasteiger partial charge in [-0.3, -0.25) is 4.79 Å². The van der Waals surface area contributed by atoms with E-state index in [0.717, 1.165) is 30.6 Å². The quantitative estimate of drug-likeness (QED) is 0.360. The van der Waals surface area contributed by atoms with Crippen molar-refractivity contribution < 1.29 is 18.0 Å². The van der Waals surface area contributed by atoms with Gasteiger partial charge >= 0.3 is 6.18 Å². The summed E-state index contributed by atoms with van der Waals surface area (Å²) in [5, 5.41) is 15.8. The fraction of sp³-hybridized carbons (Fsp3) is 0.300. The van der Waals surface area contributed by atoms with Gasteiger partial charge in [0.2, 0.25) is 0 Å². The Morgan fingerprint density at radius 3 is 2.42 bits per heavy atom. The molecular formula is C20H24ClF3N6O. The van der Waals surface area contributed by atoms with E-state index in [0.29, 0.717) is 23.8 Å². The molecule has 0 aliphatic carbocycles. The van der Waals surface area contributed by atoms with E-state index >= 15 is 0 Å². The Morgan fingerprint density at radius 1 is 1.29 bits per heavy atom. The zero-order valence-electron chi connectivity index (χ0n) is 17.0. The van der Waals surface area contributed by atoms with Gasteiger partial charge in [0.25, 0.3) is 5.91 Å². The van der Waals surface area contributed by atoms with Crippen molar-refractivity contribution in [2.24, 2.45) is 0 Å². The Kier molecular flexibility index (Phi) is 9.94. The summed E-state index contributed by atoms with van der Waals surface area (Å²) < 4.78 is 38.8. The molecule has 0 radical (unpaired) electrons. The molecule has 1 aromatic carbocycles. The van der Waals surface area contributed by atoms with E-state index in [1.54, 1.807) is 12.1 Å². The number of carbonyl (C=O) groups excluding carboxylic acids is 1. The Hall–Kier alpha value is -3.14. The predicted octanol–water partition coefficient (Wildman–Crippen LogP) is 4.58. The second kappa shape index (κ2) is 11.9. The van der Waals surface area contributed by atoms with Crippen LogP contribution < -0.4 is 11.1 Å². The molecule has 5 N–H and O–H groups in total. The van der Waals surface area contributed by atoms with Crippen molar-refractivity contribution in [1.82, 2.24) is 9.88 Å². The second-order valence-electron chi connectivity index (χ2n) is 6.35. The molecule has 31 heavy (non-hydrogen) atoms. The number of hydrogen-bond acceptors (Lipinski definition) is 6. The van der Waals surface area contributed by atoms with E-state index in [1.165, 1.54) is 18.1 Å². The fourth-order valence-corrected chi connectivity index (χ4v) is 2.64. The molecule has 0 saturated carbocycles. The number of halogens is 4. The minimum atomic E-state index is -4.55. The first-order chi connectivity index (χ1) is 14.5. The lowest BCUT2D eigenvalue weighted by Crippen LogP contribution is -2.41. The van der Waals surface area contributed by atoms with Gasteiger partial charge in [-0.1, -0.05) is 18.5 Å². The van der Waals surface area contributed by atoms with Crippen molar-refractivity contribution in [3.8, 4) is 0 Å². The molecule has 0 aliphatic rings. The maximum absolute atomic E-state index is 12.9. The van der Waals surface area contributed by atoms with Crippen LogP contribution in [0.1, 0.15) is 29.3 Å². The molecule has 0 spiro atoms. The van der Waals surface area contributed by atoms with Crippen LogP contribution in [0, 0.1) is 10.8 Å². The van der Waals surface area contributed by atoms with Crippen LogP contribution in [0.25, 0.3) is 0 Å². The van der Waals surface area contributed by atoms with Gasteiger partial charge in [0.15, 0.2) is 0 Å². The first-order valence-corrected chi connectivity index (χ1v) is 9.51. The Morgan fingerprint density at radius 2 is 1.94 bits per heavy atom. The maximum atomic E-state index is 12.9. The van der Waals surface area contributed by atoms with Crippen LogP contribution in [0.3, 0.4) is 0 Å². The van der Waals surface area contributed by atoms with Crippen molar-refractivity contribution in [2.45, 2.75) is 25.6 Å². The Balaban J connectivity index is 0.00000110. The number of anilines is 2. The van der Waals surface area contributed by atoms with E-state index in [4.69, 9.17) is 28.2 Å². The second-order valence-corrected chi connectivity index (χ2v) is 6.79. The number of amides is 1. The number of pyridine rings is 1. The summed E-state index contributed by atoms with van der Waals surface area (Å²) in [5.41, 5.74) is 4.66. The van der Waals surface area contributed by atoms with Gasteiger partial charge in [0.05, 0.1) is 16.1 Å². The number of nitrogens with two attached hydrogens (primary N) is 1. The molecule has 1 amide bonds. The van der Waals surface area contributed by atoms with E-state index in [1.807, 2.05) is 6.92 Å². The number of likely N-dealkylation sites (N-methyl/N-ethyl adjacent to an activating group) is 1. The summed E-state index contributed by atoms with van der Waals surface area (Å²) in [6.07, 6.45) is -0.641. The summed E-state index contributed by atoms with van der Waals surface area (Å²) in [7, 11) is 1.53. The molecule has 0 saturated heterocycles. The molecule has 1 unspecified atom stereocenters. The van der Waals surface area contributed by atoms with E-state index in [2.05, 4.69) is 10.3 Å². The number of nitrogens with zero attached hydrogens (tertiary/aromatic N) is 2. The molecule has 1 heterocycles. The molecular weight excluding hydrogens is 433 g/mol. The number of nitrogen functional groups attached to an aromatic ring is 1. The van der Waals surface area contributed by atoms with Crippen LogP contribution in [-0.2, 0) is 6.18 Å². The third kappa shape index (κ3) is 7.89. The number of rotatable bonds is 7. The van der Waals surface area contributed by atoms with Crippen LogP contribution in [0.2, 0.25) is 5.02 Å². The summed E-state index contributed by atoms with van der Waals surface area (Å²) in [6.45, 7) is 2.24. The molecule has 1 aromatic heterocycles. The van der Waals surface area contributed by atoms with Crippen molar-refractivity contribution in [2.75, 3.05) is 24.6 Å². The minimum Gasteiger partial charge on any atom is -0.398 e. The van der Waals surface area contributed by atoms with E-state index in [9.17, 15) is 18.0 Å². The maximum Gasteiger partial charge on any atom is 0.416 e. The highest BCUT2D eigenvalue weighted by molar-refractivity contribution is 6.30. The van der Waals surface area contributed by atoms with Gasteiger partial charge < -0.3 is 26.8 Å². The monoisotopic (exact) mass is 456 g/mol. The van der Waals surface area contributed by atoms with Crippen molar-refractivity contribution >= 4 is 41.4 Å². The van der Waals surface area contributed by atoms with Crippen molar-refractivity contribution in [3.05, 3.63) is 52.7 Å². The number of alkyl halides is 3. The first kappa shape index (κ1) is 25.9. The first-order valence-electron chi connectivity index (χ1n) is 9.13. The summed E-state index contributed by atoms with van der Waals surface area (Å²) in [6, 6.07) is 5.84. The third-order valence-corrected chi connectivity index (χ3v) is 4.50. The highest BCUT2D eigenvalue weighted by Gasteiger charge is 2.32. The lowest BCUT2D eigenvalue weighted by molar-refractivity contribution is -0.137. The SMILES string of the molecule is CCC(CNc1ccc(Cl)cn1)N(C)C(=O)c1cc(C(F)(F)F)ccc1N.N=CC=N. The smallest absolute Gasteiger partial charge is 0.398 e. The summed E-state index contributed by atoms with van der Waals surface area (Å²) in [4.78, 5) is 18.2. The van der Waals surface area contributed by atoms with E-state index in [-0.39, 0.29) is 17.3 Å². The molecule has 7 nitrogen and oxygen atoms in total. The van der Waals surface area contributed by atoms with Crippen molar-refractivity contribution in [1.29, 1.82) is 10.8 Å². The lowest BCUT2D eigenvalue weighted by atomic mass is 10.1. The zero-order valence-corrected chi connectivity index (χ0v) is 17.8. The lowest BCUT2D eigenvalue weighted by Gasteiger charge is -2.28. The van der Waals surface area contributed by atoms with Crippen LogP contribution >= 0.6 is 11.6 Å². The topological polar surface area (TPSA) is 119 Å². The van der Waals surface area contributed by atoms with Crippen LogP contribution in [0.5, 0.6) is 0 Å². The van der Waals surface area contributed by atoms with E-state index < -0.39 is 17.6 Å². The van der Waals surface area contributed by atoms with Gasteiger partial charge in [0.1, 0.15) is 5.82 Å². The molecule has 2 rings (SSSR count). The summed E-state index contributed by atoms with van der Waals surface area (Å²) in [5.74, 6) is 0.00796. The average molecular weight is 457 g/mol.